The Hall–Kier alpha value is -1.28. The van der Waals surface area contributed by atoms with Crippen LogP contribution in [0.25, 0.3) is 11.3 Å². The van der Waals surface area contributed by atoms with E-state index >= 15 is 0 Å². The first-order valence-electron chi connectivity index (χ1n) is 5.58. The molecule has 2 aromatic heterocycles. The topological polar surface area (TPSA) is 88.6 Å². The van der Waals surface area contributed by atoms with Gasteiger partial charge in [-0.15, -0.1) is 0 Å². The summed E-state index contributed by atoms with van der Waals surface area (Å²) in [7, 11) is -3.43. The number of rotatable bonds is 3. The molecule has 0 atom stereocenters. The number of nitrogens with one attached hydrogen (secondary N) is 1. The fourth-order valence-corrected chi connectivity index (χ4v) is 2.67. The quantitative estimate of drug-likeness (QED) is 0.861. The Kier molecular flexibility index (Phi) is 3.73. The maximum absolute atomic E-state index is 11.5. The van der Waals surface area contributed by atoms with Gasteiger partial charge in [-0.3, -0.25) is 5.10 Å². The number of hydrogen-bond donors (Lipinski definition) is 1. The lowest BCUT2D eigenvalue weighted by Crippen LogP contribution is -2.04. The molecule has 0 radical (unpaired) electrons. The average molecular weight is 345 g/mol. The fourth-order valence-electron chi connectivity index (χ4n) is 1.65. The van der Waals surface area contributed by atoms with Crippen molar-refractivity contribution >= 4 is 25.8 Å². The Morgan fingerprint density at radius 2 is 2.05 bits per heavy atom. The summed E-state index contributed by atoms with van der Waals surface area (Å²) >= 11 is 3.34. The smallest absolute Gasteiger partial charge is 0.247 e. The monoisotopic (exact) mass is 344 g/mol. The molecular weight excluding hydrogens is 332 g/mol. The van der Waals surface area contributed by atoms with Crippen LogP contribution in [0, 0.1) is 0 Å². The summed E-state index contributed by atoms with van der Waals surface area (Å²) in [6, 6.07) is 1.66. The van der Waals surface area contributed by atoms with Gasteiger partial charge in [-0.2, -0.15) is 5.10 Å². The van der Waals surface area contributed by atoms with Crippen molar-refractivity contribution in [3.63, 3.8) is 0 Å². The zero-order chi connectivity index (χ0) is 14.2. The Morgan fingerprint density at radius 1 is 1.37 bits per heavy atom. The van der Waals surface area contributed by atoms with Gasteiger partial charge in [-0.05, 0) is 27.9 Å². The van der Waals surface area contributed by atoms with Gasteiger partial charge in [0.05, 0.1) is 11.3 Å². The van der Waals surface area contributed by atoms with Gasteiger partial charge in [-0.25, -0.2) is 18.4 Å². The number of hydrogen-bond acceptors (Lipinski definition) is 5. The van der Waals surface area contributed by atoms with E-state index in [1.54, 1.807) is 6.07 Å². The van der Waals surface area contributed by atoms with Crippen molar-refractivity contribution in [2.75, 3.05) is 6.26 Å². The van der Waals surface area contributed by atoms with Crippen LogP contribution in [-0.2, 0) is 9.84 Å². The van der Waals surface area contributed by atoms with E-state index in [9.17, 15) is 8.42 Å². The first kappa shape index (κ1) is 14.1. The Bertz CT molecular complexity index is 709. The lowest BCUT2D eigenvalue weighted by Gasteiger charge is -2.07. The normalized spacial score (nSPS) is 12.1. The van der Waals surface area contributed by atoms with Crippen LogP contribution in [0.3, 0.4) is 0 Å². The number of aromatic amines is 1. The Morgan fingerprint density at radius 3 is 2.63 bits per heavy atom. The molecule has 2 aromatic rings. The summed E-state index contributed by atoms with van der Waals surface area (Å²) in [4.78, 5) is 7.88. The van der Waals surface area contributed by atoms with Crippen molar-refractivity contribution in [1.82, 2.24) is 20.2 Å². The maximum Gasteiger partial charge on any atom is 0.247 e. The highest BCUT2D eigenvalue weighted by molar-refractivity contribution is 9.10. The van der Waals surface area contributed by atoms with E-state index in [0.29, 0.717) is 10.3 Å². The van der Waals surface area contributed by atoms with Crippen LogP contribution in [0.4, 0.5) is 0 Å². The van der Waals surface area contributed by atoms with Gasteiger partial charge in [-0.1, -0.05) is 13.8 Å². The predicted octanol–water partition coefficient (Wildman–Crippen LogP) is 2.16. The average Bonchev–Trinajstić information content (AvgIpc) is 2.70. The first-order valence-corrected chi connectivity index (χ1v) is 8.26. The third-order valence-corrected chi connectivity index (χ3v) is 3.98. The minimum absolute atomic E-state index is 0.187. The lowest BCUT2D eigenvalue weighted by molar-refractivity contribution is 0.593. The van der Waals surface area contributed by atoms with E-state index in [0.717, 1.165) is 17.5 Å². The molecule has 0 aromatic carbocycles. The molecule has 0 spiro atoms. The van der Waals surface area contributed by atoms with Crippen molar-refractivity contribution in [2.24, 2.45) is 0 Å². The maximum atomic E-state index is 11.5. The van der Waals surface area contributed by atoms with Gasteiger partial charge >= 0.3 is 0 Å². The highest BCUT2D eigenvalue weighted by atomic mass is 79.9. The minimum atomic E-state index is -3.43. The summed E-state index contributed by atoms with van der Waals surface area (Å²) < 4.78 is 23.6. The summed E-state index contributed by atoms with van der Waals surface area (Å²) in [6.07, 6.45) is 2.52. The zero-order valence-corrected chi connectivity index (χ0v) is 13.1. The first-order chi connectivity index (χ1) is 8.80. The van der Waals surface area contributed by atoms with Crippen LogP contribution in [0.15, 0.2) is 22.0 Å². The molecule has 0 aliphatic heterocycles. The largest absolute Gasteiger partial charge is 0.280 e. The van der Waals surface area contributed by atoms with Crippen LogP contribution >= 0.6 is 15.9 Å². The fraction of sp³-hybridized carbons (Fsp3) is 0.364. The molecule has 1 N–H and O–H groups in total. The molecule has 102 valence electrons. The number of halogens is 1. The lowest BCUT2D eigenvalue weighted by atomic mass is 10.0. The van der Waals surface area contributed by atoms with Crippen LogP contribution in [0.5, 0.6) is 0 Å². The van der Waals surface area contributed by atoms with Crippen LogP contribution in [0.2, 0.25) is 0 Å². The minimum Gasteiger partial charge on any atom is -0.280 e. The molecule has 6 nitrogen and oxygen atoms in total. The number of H-pyrrole nitrogens is 1. The number of sulfone groups is 1. The highest BCUT2D eigenvalue weighted by Gasteiger charge is 2.19. The third kappa shape index (κ3) is 2.84. The zero-order valence-electron chi connectivity index (χ0n) is 10.7. The predicted molar refractivity (Wildman–Crippen MR) is 74.5 cm³/mol. The standard InChI is InChI=1S/C11H13BrN4O2S/c1-6(2)9-8(10(12)16-15-9)7-4-5-13-11(14-7)19(3,17)18/h4-6H,1-3H3,(H,15,16). The van der Waals surface area contributed by atoms with Crippen molar-refractivity contribution in [3.8, 4) is 11.3 Å². The van der Waals surface area contributed by atoms with Crippen molar-refractivity contribution < 1.29 is 8.42 Å². The van der Waals surface area contributed by atoms with Crippen molar-refractivity contribution in [1.29, 1.82) is 0 Å². The molecule has 8 heteroatoms. The molecule has 0 saturated heterocycles. The van der Waals surface area contributed by atoms with Crippen molar-refractivity contribution in [3.05, 3.63) is 22.6 Å². The van der Waals surface area contributed by atoms with Gasteiger partial charge in [0.15, 0.2) is 0 Å². The summed E-state index contributed by atoms with van der Waals surface area (Å²) in [5.41, 5.74) is 2.19. The number of aromatic nitrogens is 4. The van der Waals surface area contributed by atoms with E-state index in [4.69, 9.17) is 0 Å². The van der Waals surface area contributed by atoms with E-state index in [1.807, 2.05) is 13.8 Å². The highest BCUT2D eigenvalue weighted by Crippen LogP contribution is 2.32. The summed E-state index contributed by atoms with van der Waals surface area (Å²) in [5.74, 6) is 0.213. The second-order valence-electron chi connectivity index (χ2n) is 4.45. The molecular formula is C11H13BrN4O2S. The molecule has 0 aliphatic rings. The van der Waals surface area contributed by atoms with Gasteiger partial charge in [0.25, 0.3) is 0 Å². The van der Waals surface area contributed by atoms with Gasteiger partial charge in [0.2, 0.25) is 15.0 Å². The molecule has 0 fully saturated rings. The molecule has 19 heavy (non-hydrogen) atoms. The second kappa shape index (κ2) is 5.01. The molecule has 2 heterocycles. The van der Waals surface area contributed by atoms with E-state index in [1.165, 1.54) is 6.20 Å². The van der Waals surface area contributed by atoms with Crippen molar-refractivity contribution in [2.45, 2.75) is 24.9 Å². The SMILES string of the molecule is CC(C)c1[nH]nc(Br)c1-c1ccnc(S(C)(=O)=O)n1. The van der Waals surface area contributed by atoms with Crippen LogP contribution < -0.4 is 0 Å². The molecule has 0 bridgehead atoms. The van der Waals surface area contributed by atoms with Gasteiger partial charge < -0.3 is 0 Å². The van der Waals surface area contributed by atoms with Gasteiger partial charge in [0, 0.05) is 18.1 Å². The van der Waals surface area contributed by atoms with E-state index in [2.05, 4.69) is 36.1 Å². The third-order valence-electron chi connectivity index (χ3n) is 2.55. The summed E-state index contributed by atoms with van der Waals surface area (Å²) in [6.45, 7) is 4.03. The van der Waals surface area contributed by atoms with Crippen LogP contribution in [0.1, 0.15) is 25.5 Å². The Balaban J connectivity index is 2.63. The number of nitrogens with zero attached hydrogens (tertiary/aromatic N) is 3. The Labute approximate surface area is 119 Å². The summed E-state index contributed by atoms with van der Waals surface area (Å²) in [5, 5.41) is 6.82. The van der Waals surface area contributed by atoms with Crippen LogP contribution in [-0.4, -0.2) is 34.8 Å². The molecule has 0 amide bonds. The molecule has 0 saturated carbocycles. The molecule has 2 rings (SSSR count). The van der Waals surface area contributed by atoms with Gasteiger partial charge in [0.1, 0.15) is 4.60 Å². The van der Waals surface area contributed by atoms with E-state index in [-0.39, 0.29) is 11.1 Å². The molecule has 0 aliphatic carbocycles. The van der Waals surface area contributed by atoms with E-state index < -0.39 is 9.84 Å². The second-order valence-corrected chi connectivity index (χ2v) is 7.12. The molecule has 0 unspecified atom stereocenters.